The van der Waals surface area contributed by atoms with Crippen LogP contribution < -0.4 is 5.56 Å². The Morgan fingerprint density at radius 1 is 1.11 bits per heavy atom. The lowest BCUT2D eigenvalue weighted by Gasteiger charge is -2.03. The summed E-state index contributed by atoms with van der Waals surface area (Å²) in [7, 11) is -3.42. The van der Waals surface area contributed by atoms with Crippen LogP contribution in [0.15, 0.2) is 40.0 Å². The summed E-state index contributed by atoms with van der Waals surface area (Å²) >= 11 is 0. The van der Waals surface area contributed by atoms with Gasteiger partial charge in [-0.3, -0.25) is 9.89 Å². The summed E-state index contributed by atoms with van der Waals surface area (Å²) in [6.07, 6.45) is 0.867. The van der Waals surface area contributed by atoms with Gasteiger partial charge in [-0.2, -0.15) is 0 Å². The Balaban J connectivity index is 2.27. The number of benzene rings is 1. The number of hydrogen-bond donors (Lipinski definition) is 2. The van der Waals surface area contributed by atoms with E-state index in [0.29, 0.717) is 5.69 Å². The van der Waals surface area contributed by atoms with E-state index in [1.54, 1.807) is 24.3 Å². The second-order valence-electron chi connectivity index (χ2n) is 4.04. The van der Waals surface area contributed by atoms with Gasteiger partial charge in [-0.15, -0.1) is 0 Å². The van der Waals surface area contributed by atoms with Crippen LogP contribution in [0.2, 0.25) is 0 Å². The normalized spacial score (nSPS) is 11.6. The minimum Gasteiger partial charge on any atom is -0.301 e. The van der Waals surface area contributed by atoms with Gasteiger partial charge in [-0.25, -0.2) is 8.42 Å². The number of aromatic nitrogens is 2. The third-order valence-corrected chi connectivity index (χ3v) is 4.37. The van der Waals surface area contributed by atoms with Crippen LogP contribution in [0, 0.1) is 0 Å². The smallest absolute Gasteiger partial charge is 0.264 e. The van der Waals surface area contributed by atoms with Gasteiger partial charge in [-0.1, -0.05) is 19.1 Å². The summed E-state index contributed by atoms with van der Waals surface area (Å²) in [4.78, 5) is 11.2. The zero-order chi connectivity index (χ0) is 13.2. The number of H-pyrrole nitrogens is 2. The average Bonchev–Trinajstić information content (AvgIpc) is 2.74. The topological polar surface area (TPSA) is 82.8 Å². The molecule has 0 radical (unpaired) electrons. The van der Waals surface area contributed by atoms with Crippen LogP contribution in [0.5, 0.6) is 0 Å². The fraction of sp³-hybridized carbons (Fsp3) is 0.250. The monoisotopic (exact) mass is 266 g/mol. The van der Waals surface area contributed by atoms with Crippen molar-refractivity contribution in [2.24, 2.45) is 0 Å². The molecule has 0 aliphatic carbocycles. The summed E-state index contributed by atoms with van der Waals surface area (Å²) in [6.45, 7) is 2.01. The number of nitrogens with one attached hydrogen (secondary N) is 2. The van der Waals surface area contributed by atoms with Crippen molar-refractivity contribution in [2.75, 3.05) is 0 Å². The van der Waals surface area contributed by atoms with Gasteiger partial charge in [0.2, 0.25) is 0 Å². The van der Waals surface area contributed by atoms with Crippen molar-refractivity contribution in [1.29, 1.82) is 0 Å². The van der Waals surface area contributed by atoms with E-state index in [1.165, 1.54) is 6.07 Å². The molecule has 0 atom stereocenters. The molecule has 5 nitrogen and oxygen atoms in total. The summed E-state index contributed by atoms with van der Waals surface area (Å²) in [5.74, 6) is -0.211. The van der Waals surface area contributed by atoms with Crippen molar-refractivity contribution in [2.45, 2.75) is 24.0 Å². The van der Waals surface area contributed by atoms with Crippen LogP contribution in [0.1, 0.15) is 18.2 Å². The predicted molar refractivity (Wildman–Crippen MR) is 68.1 cm³/mol. The standard InChI is InChI=1S/C12H14N2O3S/c1-2-9-3-5-11(6-4-9)18(16,17)8-10-7-12(15)14-13-10/h3-7H,2,8H2,1H3,(H2,13,14,15). The van der Waals surface area contributed by atoms with E-state index in [4.69, 9.17) is 0 Å². The van der Waals surface area contributed by atoms with Crippen LogP contribution in [0.3, 0.4) is 0 Å². The minimum absolute atomic E-state index is 0.211. The molecule has 0 saturated carbocycles. The number of aromatic amines is 2. The van der Waals surface area contributed by atoms with E-state index in [1.807, 2.05) is 6.92 Å². The molecule has 18 heavy (non-hydrogen) atoms. The van der Waals surface area contributed by atoms with E-state index in [0.717, 1.165) is 12.0 Å². The Bertz CT molecular complexity index is 681. The maximum absolute atomic E-state index is 12.1. The number of aryl methyl sites for hydroxylation is 1. The second kappa shape index (κ2) is 4.81. The molecule has 6 heteroatoms. The highest BCUT2D eigenvalue weighted by molar-refractivity contribution is 7.90. The van der Waals surface area contributed by atoms with Crippen molar-refractivity contribution in [3.05, 3.63) is 51.9 Å². The third-order valence-electron chi connectivity index (χ3n) is 2.69. The minimum atomic E-state index is -3.42. The number of rotatable bonds is 4. The Kier molecular flexibility index (Phi) is 3.38. The highest BCUT2D eigenvalue weighted by Crippen LogP contribution is 2.15. The predicted octanol–water partition coefficient (Wildman–Crippen LogP) is 1.24. The molecule has 0 saturated heterocycles. The largest absolute Gasteiger partial charge is 0.301 e. The third kappa shape index (κ3) is 2.70. The first kappa shape index (κ1) is 12.6. The number of hydrogen-bond acceptors (Lipinski definition) is 3. The van der Waals surface area contributed by atoms with Gasteiger partial charge in [0, 0.05) is 6.07 Å². The zero-order valence-corrected chi connectivity index (χ0v) is 10.8. The van der Waals surface area contributed by atoms with Gasteiger partial charge < -0.3 is 5.10 Å². The van der Waals surface area contributed by atoms with Crippen LogP contribution in [0.4, 0.5) is 0 Å². The highest BCUT2D eigenvalue weighted by Gasteiger charge is 2.16. The van der Waals surface area contributed by atoms with Crippen LogP contribution in [-0.2, 0) is 22.0 Å². The molecule has 0 bridgehead atoms. The molecule has 2 aromatic rings. The van der Waals surface area contributed by atoms with E-state index >= 15 is 0 Å². The summed E-state index contributed by atoms with van der Waals surface area (Å²) in [5, 5.41) is 4.85. The van der Waals surface area contributed by atoms with Gasteiger partial charge >= 0.3 is 0 Å². The molecule has 1 aromatic carbocycles. The van der Waals surface area contributed by atoms with Gasteiger partial charge in [0.1, 0.15) is 0 Å². The van der Waals surface area contributed by atoms with Crippen molar-refractivity contribution in [3.63, 3.8) is 0 Å². The maximum atomic E-state index is 12.1. The molecule has 0 amide bonds. The molecule has 0 fully saturated rings. The Morgan fingerprint density at radius 3 is 2.28 bits per heavy atom. The Morgan fingerprint density at radius 2 is 1.78 bits per heavy atom. The molecule has 96 valence electrons. The Labute approximate surface area is 105 Å². The summed E-state index contributed by atoms with van der Waals surface area (Å²) in [6, 6.07) is 8.04. The summed E-state index contributed by atoms with van der Waals surface area (Å²) < 4.78 is 24.1. The molecule has 0 aliphatic heterocycles. The summed E-state index contributed by atoms with van der Waals surface area (Å²) in [5.41, 5.74) is 1.12. The Hall–Kier alpha value is -1.82. The molecule has 0 aliphatic rings. The van der Waals surface area contributed by atoms with Crippen LogP contribution >= 0.6 is 0 Å². The first-order valence-electron chi connectivity index (χ1n) is 5.59. The average molecular weight is 266 g/mol. The van der Waals surface area contributed by atoms with Gasteiger partial charge in [0.15, 0.2) is 9.84 Å². The van der Waals surface area contributed by atoms with Crippen molar-refractivity contribution in [3.8, 4) is 0 Å². The highest BCUT2D eigenvalue weighted by atomic mass is 32.2. The van der Waals surface area contributed by atoms with Crippen molar-refractivity contribution in [1.82, 2.24) is 10.2 Å². The molecule has 0 spiro atoms. The first-order valence-corrected chi connectivity index (χ1v) is 7.25. The molecular weight excluding hydrogens is 252 g/mol. The van der Waals surface area contributed by atoms with E-state index in [2.05, 4.69) is 10.2 Å². The van der Waals surface area contributed by atoms with E-state index in [9.17, 15) is 13.2 Å². The number of sulfone groups is 1. The quantitative estimate of drug-likeness (QED) is 0.873. The van der Waals surface area contributed by atoms with Crippen LogP contribution in [-0.4, -0.2) is 18.6 Å². The molecule has 2 rings (SSSR count). The van der Waals surface area contributed by atoms with E-state index < -0.39 is 9.84 Å². The maximum Gasteiger partial charge on any atom is 0.264 e. The van der Waals surface area contributed by atoms with Gasteiger partial charge in [0.05, 0.1) is 16.3 Å². The van der Waals surface area contributed by atoms with Crippen molar-refractivity contribution >= 4 is 9.84 Å². The molecule has 2 N–H and O–H groups in total. The molecular formula is C12H14N2O3S. The lowest BCUT2D eigenvalue weighted by atomic mass is 10.2. The van der Waals surface area contributed by atoms with Gasteiger partial charge in [-0.05, 0) is 24.1 Å². The van der Waals surface area contributed by atoms with Crippen molar-refractivity contribution < 1.29 is 8.42 Å². The fourth-order valence-corrected chi connectivity index (χ4v) is 2.95. The molecule has 1 heterocycles. The van der Waals surface area contributed by atoms with E-state index in [-0.39, 0.29) is 16.2 Å². The fourth-order valence-electron chi connectivity index (χ4n) is 1.67. The molecule has 1 aromatic heterocycles. The van der Waals surface area contributed by atoms with Gasteiger partial charge in [0.25, 0.3) is 5.56 Å². The SMILES string of the molecule is CCc1ccc(S(=O)(=O)Cc2cc(=O)[nH][nH]2)cc1. The second-order valence-corrected chi connectivity index (χ2v) is 6.03. The lowest BCUT2D eigenvalue weighted by Crippen LogP contribution is -2.05. The zero-order valence-electron chi connectivity index (χ0n) is 9.93. The van der Waals surface area contributed by atoms with Crippen LogP contribution in [0.25, 0.3) is 0 Å². The molecule has 0 unspecified atom stereocenters. The lowest BCUT2D eigenvalue weighted by molar-refractivity contribution is 0.594. The first-order chi connectivity index (χ1) is 8.51.